The highest BCUT2D eigenvalue weighted by Crippen LogP contribution is 2.06. The molecule has 0 fully saturated rings. The first kappa shape index (κ1) is 16.5. The second kappa shape index (κ2) is 7.91. The van der Waals surface area contributed by atoms with Gasteiger partial charge in [0.25, 0.3) is 5.91 Å². The predicted octanol–water partition coefficient (Wildman–Crippen LogP) is 2.44. The van der Waals surface area contributed by atoms with E-state index in [1.807, 2.05) is 31.2 Å². The normalized spacial score (nSPS) is 10.5. The standard InChI is InChI=1S/C18H18N2O3/c1-13-2-4-14(5-3-13)8-11-17(21)19-12-15-6-9-16(10-7-15)18(22)20-23/h2-11,23H,12H2,1H3,(H,19,21)(H,20,22)/b11-8+. The molecule has 2 aromatic rings. The molecule has 2 amide bonds. The number of benzene rings is 2. The number of amides is 2. The summed E-state index contributed by atoms with van der Waals surface area (Å²) < 4.78 is 0. The Morgan fingerprint density at radius 2 is 1.70 bits per heavy atom. The first-order valence-corrected chi connectivity index (χ1v) is 7.14. The van der Waals surface area contributed by atoms with Gasteiger partial charge in [0.2, 0.25) is 5.91 Å². The van der Waals surface area contributed by atoms with E-state index in [0.29, 0.717) is 12.1 Å². The van der Waals surface area contributed by atoms with Crippen LogP contribution in [0.3, 0.4) is 0 Å². The smallest absolute Gasteiger partial charge is 0.274 e. The van der Waals surface area contributed by atoms with Crippen LogP contribution in [0.25, 0.3) is 6.08 Å². The van der Waals surface area contributed by atoms with Crippen molar-refractivity contribution in [2.75, 3.05) is 0 Å². The first-order chi connectivity index (χ1) is 11.1. The SMILES string of the molecule is Cc1ccc(/C=C/C(=O)NCc2ccc(C(=O)NO)cc2)cc1. The summed E-state index contributed by atoms with van der Waals surface area (Å²) in [5.74, 6) is -0.760. The molecule has 5 heteroatoms. The molecule has 3 N–H and O–H groups in total. The number of carbonyl (C=O) groups is 2. The molecular formula is C18H18N2O3. The molecular weight excluding hydrogens is 292 g/mol. The van der Waals surface area contributed by atoms with Crippen molar-refractivity contribution in [3.8, 4) is 0 Å². The lowest BCUT2D eigenvalue weighted by atomic mass is 10.1. The monoisotopic (exact) mass is 310 g/mol. The lowest BCUT2D eigenvalue weighted by molar-refractivity contribution is -0.116. The van der Waals surface area contributed by atoms with E-state index < -0.39 is 5.91 Å². The molecule has 0 saturated heterocycles. The van der Waals surface area contributed by atoms with Crippen LogP contribution in [0.1, 0.15) is 27.0 Å². The zero-order valence-corrected chi connectivity index (χ0v) is 12.7. The number of rotatable bonds is 5. The van der Waals surface area contributed by atoms with Gasteiger partial charge in [0.05, 0.1) is 0 Å². The molecule has 0 aliphatic heterocycles. The summed E-state index contributed by atoms with van der Waals surface area (Å²) in [5.41, 5.74) is 4.91. The molecule has 0 spiro atoms. The van der Waals surface area contributed by atoms with E-state index in [-0.39, 0.29) is 5.91 Å². The fourth-order valence-corrected chi connectivity index (χ4v) is 1.94. The highest BCUT2D eigenvalue weighted by Gasteiger charge is 2.03. The van der Waals surface area contributed by atoms with Gasteiger partial charge in [-0.2, -0.15) is 0 Å². The molecule has 0 radical (unpaired) electrons. The highest BCUT2D eigenvalue weighted by molar-refractivity contribution is 5.93. The third-order valence-corrected chi connectivity index (χ3v) is 3.29. The van der Waals surface area contributed by atoms with Crippen molar-refractivity contribution in [3.05, 3.63) is 76.9 Å². The lowest BCUT2D eigenvalue weighted by Gasteiger charge is -2.04. The van der Waals surface area contributed by atoms with Crippen molar-refractivity contribution in [2.24, 2.45) is 0 Å². The highest BCUT2D eigenvalue weighted by atomic mass is 16.5. The zero-order valence-electron chi connectivity index (χ0n) is 12.7. The van der Waals surface area contributed by atoms with Crippen molar-refractivity contribution >= 4 is 17.9 Å². The van der Waals surface area contributed by atoms with Gasteiger partial charge in [-0.25, -0.2) is 5.48 Å². The maximum Gasteiger partial charge on any atom is 0.274 e. The van der Waals surface area contributed by atoms with E-state index in [4.69, 9.17) is 5.21 Å². The molecule has 2 rings (SSSR count). The summed E-state index contributed by atoms with van der Waals surface area (Å²) in [6, 6.07) is 14.5. The van der Waals surface area contributed by atoms with E-state index >= 15 is 0 Å². The number of hydroxylamine groups is 1. The number of nitrogens with one attached hydrogen (secondary N) is 2. The van der Waals surface area contributed by atoms with Crippen molar-refractivity contribution < 1.29 is 14.8 Å². The first-order valence-electron chi connectivity index (χ1n) is 7.14. The van der Waals surface area contributed by atoms with Crippen LogP contribution in [0.2, 0.25) is 0 Å². The van der Waals surface area contributed by atoms with Crippen LogP contribution in [-0.2, 0) is 11.3 Å². The van der Waals surface area contributed by atoms with E-state index in [9.17, 15) is 9.59 Å². The molecule has 5 nitrogen and oxygen atoms in total. The summed E-state index contributed by atoms with van der Waals surface area (Å²) >= 11 is 0. The number of aryl methyl sites for hydroxylation is 1. The Morgan fingerprint density at radius 1 is 1.04 bits per heavy atom. The fourth-order valence-electron chi connectivity index (χ4n) is 1.94. The molecule has 0 unspecified atom stereocenters. The Bertz CT molecular complexity index is 704. The Morgan fingerprint density at radius 3 is 2.30 bits per heavy atom. The summed E-state index contributed by atoms with van der Waals surface area (Å²) in [6.45, 7) is 2.37. The third-order valence-electron chi connectivity index (χ3n) is 3.29. The molecule has 23 heavy (non-hydrogen) atoms. The van der Waals surface area contributed by atoms with Gasteiger partial charge >= 0.3 is 0 Å². The van der Waals surface area contributed by atoms with Crippen LogP contribution in [0.4, 0.5) is 0 Å². The van der Waals surface area contributed by atoms with Crippen LogP contribution in [0, 0.1) is 6.92 Å². The molecule has 0 aliphatic rings. The van der Waals surface area contributed by atoms with Gasteiger partial charge < -0.3 is 5.32 Å². The van der Waals surface area contributed by atoms with Crippen LogP contribution in [0.15, 0.2) is 54.6 Å². The van der Waals surface area contributed by atoms with Gasteiger partial charge in [-0.3, -0.25) is 14.8 Å². The fraction of sp³-hybridized carbons (Fsp3) is 0.111. The van der Waals surface area contributed by atoms with Crippen molar-refractivity contribution in [1.29, 1.82) is 0 Å². The maximum absolute atomic E-state index is 11.8. The summed E-state index contributed by atoms with van der Waals surface area (Å²) in [4.78, 5) is 23.0. The van der Waals surface area contributed by atoms with E-state index in [1.54, 1.807) is 35.8 Å². The number of carbonyl (C=O) groups excluding carboxylic acids is 2. The molecule has 0 aromatic heterocycles. The van der Waals surface area contributed by atoms with Gasteiger partial charge in [-0.15, -0.1) is 0 Å². The Balaban J connectivity index is 1.86. The minimum atomic E-state index is -0.568. The molecule has 0 saturated carbocycles. The van der Waals surface area contributed by atoms with Gasteiger partial charge in [-0.1, -0.05) is 42.0 Å². The molecule has 0 aliphatic carbocycles. The molecule has 0 bridgehead atoms. The van der Waals surface area contributed by atoms with Crippen molar-refractivity contribution in [1.82, 2.24) is 10.8 Å². The minimum Gasteiger partial charge on any atom is -0.348 e. The average molecular weight is 310 g/mol. The van der Waals surface area contributed by atoms with E-state index in [1.165, 1.54) is 11.6 Å². The average Bonchev–Trinajstić information content (AvgIpc) is 2.59. The van der Waals surface area contributed by atoms with Crippen LogP contribution in [-0.4, -0.2) is 17.0 Å². The number of hydrogen-bond donors (Lipinski definition) is 3. The second-order valence-corrected chi connectivity index (χ2v) is 5.10. The Labute approximate surface area is 134 Å². The largest absolute Gasteiger partial charge is 0.348 e. The molecule has 118 valence electrons. The summed E-state index contributed by atoms with van der Waals surface area (Å²) in [5, 5.41) is 11.3. The van der Waals surface area contributed by atoms with Crippen LogP contribution >= 0.6 is 0 Å². The van der Waals surface area contributed by atoms with Crippen LogP contribution in [0.5, 0.6) is 0 Å². The molecule has 0 heterocycles. The predicted molar refractivity (Wildman–Crippen MR) is 87.8 cm³/mol. The molecule has 2 aromatic carbocycles. The number of hydrogen-bond acceptors (Lipinski definition) is 3. The van der Waals surface area contributed by atoms with Gasteiger partial charge in [0.15, 0.2) is 0 Å². The van der Waals surface area contributed by atoms with Crippen molar-refractivity contribution in [2.45, 2.75) is 13.5 Å². The second-order valence-electron chi connectivity index (χ2n) is 5.10. The van der Waals surface area contributed by atoms with Gasteiger partial charge in [-0.05, 0) is 36.3 Å². The minimum absolute atomic E-state index is 0.192. The summed E-state index contributed by atoms with van der Waals surface area (Å²) in [6.07, 6.45) is 3.24. The van der Waals surface area contributed by atoms with Gasteiger partial charge in [0.1, 0.15) is 0 Å². The lowest BCUT2D eigenvalue weighted by Crippen LogP contribution is -2.21. The van der Waals surface area contributed by atoms with Crippen LogP contribution < -0.4 is 10.8 Å². The Hall–Kier alpha value is -2.92. The Kier molecular flexibility index (Phi) is 5.66. The van der Waals surface area contributed by atoms with E-state index in [0.717, 1.165) is 11.1 Å². The molecule has 0 atom stereocenters. The maximum atomic E-state index is 11.8. The van der Waals surface area contributed by atoms with E-state index in [2.05, 4.69) is 5.32 Å². The van der Waals surface area contributed by atoms with Gasteiger partial charge in [0, 0.05) is 18.2 Å². The quantitative estimate of drug-likeness (QED) is 0.451. The van der Waals surface area contributed by atoms with Crippen molar-refractivity contribution in [3.63, 3.8) is 0 Å². The zero-order chi connectivity index (χ0) is 16.7. The topological polar surface area (TPSA) is 78.4 Å². The third kappa shape index (κ3) is 5.09. The summed E-state index contributed by atoms with van der Waals surface area (Å²) in [7, 11) is 0.